The van der Waals surface area contributed by atoms with Crippen LogP contribution in [0.1, 0.15) is 71.9 Å². The third-order valence-corrected chi connectivity index (χ3v) is 8.60. The van der Waals surface area contributed by atoms with E-state index in [2.05, 4.69) is 75.7 Å². The number of aromatic amines is 1. The van der Waals surface area contributed by atoms with Gasteiger partial charge >= 0.3 is 0 Å². The largest absolute Gasteiger partial charge is 0.393 e. The molecule has 162 valence electrons. The highest BCUT2D eigenvalue weighted by Gasteiger charge is 2.57. The lowest BCUT2D eigenvalue weighted by Crippen LogP contribution is -2.56. The Kier molecular flexibility index (Phi) is 5.74. The Morgan fingerprint density at radius 1 is 1.23 bits per heavy atom. The van der Waals surface area contributed by atoms with Gasteiger partial charge in [-0.2, -0.15) is 0 Å². The Morgan fingerprint density at radius 2 is 2.00 bits per heavy atom. The van der Waals surface area contributed by atoms with Crippen molar-refractivity contribution in [1.82, 2.24) is 4.98 Å². The second kappa shape index (κ2) is 8.04. The number of fused-ring (bicyclic) bond motifs is 2. The van der Waals surface area contributed by atoms with Gasteiger partial charge in [-0.3, -0.25) is 0 Å². The molecule has 2 saturated carbocycles. The first-order valence-electron chi connectivity index (χ1n) is 11.8. The predicted octanol–water partition coefficient (Wildman–Crippen LogP) is 7.21. The van der Waals surface area contributed by atoms with E-state index >= 15 is 0 Å². The quantitative estimate of drug-likeness (QED) is 0.507. The number of rotatable bonds is 5. The first-order chi connectivity index (χ1) is 14.2. The highest BCUT2D eigenvalue weighted by atomic mass is 16.3. The molecule has 2 heteroatoms. The summed E-state index contributed by atoms with van der Waals surface area (Å²) in [6, 6.07) is 10.9. The summed E-state index contributed by atoms with van der Waals surface area (Å²) in [5, 5.41) is 12.4. The molecule has 1 heterocycles. The molecule has 30 heavy (non-hydrogen) atoms. The zero-order chi connectivity index (χ0) is 21.5. The van der Waals surface area contributed by atoms with Crippen molar-refractivity contribution in [2.45, 2.75) is 78.7 Å². The minimum absolute atomic E-state index is 0.0155. The third-order valence-electron chi connectivity index (χ3n) is 8.60. The lowest BCUT2D eigenvalue weighted by molar-refractivity contribution is -0.136. The summed E-state index contributed by atoms with van der Waals surface area (Å²) in [5.41, 5.74) is 5.52. The van der Waals surface area contributed by atoms with E-state index in [-0.39, 0.29) is 16.9 Å². The molecule has 5 atom stereocenters. The fraction of sp³-hybridized carbons (Fsp3) is 0.571. The molecular weight excluding hydrogens is 366 g/mol. The van der Waals surface area contributed by atoms with Crippen LogP contribution in [0.3, 0.4) is 0 Å². The Balaban J connectivity index is 1.63. The smallest absolute Gasteiger partial charge is 0.0597 e. The maximum Gasteiger partial charge on any atom is 0.0597 e. The van der Waals surface area contributed by atoms with Gasteiger partial charge in [-0.15, -0.1) is 0 Å². The number of aliphatic hydroxyl groups is 1. The van der Waals surface area contributed by atoms with Crippen LogP contribution in [0.15, 0.2) is 54.1 Å². The van der Waals surface area contributed by atoms with E-state index in [4.69, 9.17) is 0 Å². The minimum atomic E-state index is -0.193. The number of aromatic nitrogens is 1. The summed E-state index contributed by atoms with van der Waals surface area (Å²) < 4.78 is 0. The normalized spacial score (nSPS) is 34.0. The number of allylic oxidation sites excluding steroid dienone is 3. The van der Waals surface area contributed by atoms with E-state index in [1.165, 1.54) is 34.2 Å². The second-order valence-corrected chi connectivity index (χ2v) is 10.8. The van der Waals surface area contributed by atoms with Crippen LogP contribution < -0.4 is 0 Å². The van der Waals surface area contributed by atoms with Crippen molar-refractivity contribution in [3.63, 3.8) is 0 Å². The molecule has 0 radical (unpaired) electrons. The number of para-hydroxylation sites is 1. The van der Waals surface area contributed by atoms with Gasteiger partial charge in [0.05, 0.1) is 6.10 Å². The van der Waals surface area contributed by atoms with Crippen molar-refractivity contribution < 1.29 is 5.11 Å². The van der Waals surface area contributed by atoms with Crippen molar-refractivity contribution in [2.24, 2.45) is 22.7 Å². The van der Waals surface area contributed by atoms with Gasteiger partial charge in [0.2, 0.25) is 0 Å². The van der Waals surface area contributed by atoms with Crippen molar-refractivity contribution in [3.05, 3.63) is 59.8 Å². The molecule has 2 N–H and O–H groups in total. The minimum Gasteiger partial charge on any atom is -0.393 e. The Morgan fingerprint density at radius 3 is 2.73 bits per heavy atom. The summed E-state index contributed by atoms with van der Waals surface area (Å²) in [6.45, 7) is 13.8. The predicted molar refractivity (Wildman–Crippen MR) is 127 cm³/mol. The van der Waals surface area contributed by atoms with E-state index in [0.29, 0.717) is 11.8 Å². The van der Waals surface area contributed by atoms with Crippen molar-refractivity contribution in [2.75, 3.05) is 0 Å². The van der Waals surface area contributed by atoms with Crippen LogP contribution in [0.5, 0.6) is 0 Å². The van der Waals surface area contributed by atoms with Gasteiger partial charge in [0.25, 0.3) is 0 Å². The molecule has 2 aromatic rings. The number of aliphatic hydroxyl groups excluding tert-OH is 1. The summed E-state index contributed by atoms with van der Waals surface area (Å²) in [6.07, 6.45) is 9.59. The first kappa shape index (κ1) is 21.4. The fourth-order valence-electron chi connectivity index (χ4n) is 6.84. The van der Waals surface area contributed by atoms with Crippen molar-refractivity contribution >= 4 is 10.9 Å². The molecule has 1 aromatic carbocycles. The van der Waals surface area contributed by atoms with Crippen LogP contribution in [0.25, 0.3) is 10.9 Å². The summed E-state index contributed by atoms with van der Waals surface area (Å²) >= 11 is 0. The average Bonchev–Trinajstić information content (AvgIpc) is 3.11. The van der Waals surface area contributed by atoms with E-state index in [0.717, 1.165) is 38.5 Å². The topological polar surface area (TPSA) is 36.0 Å². The Hall–Kier alpha value is -1.80. The molecule has 0 amide bonds. The van der Waals surface area contributed by atoms with Gasteiger partial charge < -0.3 is 10.1 Å². The van der Waals surface area contributed by atoms with Gasteiger partial charge in [0.1, 0.15) is 0 Å². The zero-order valence-corrected chi connectivity index (χ0v) is 19.3. The van der Waals surface area contributed by atoms with Crippen molar-refractivity contribution in [3.8, 4) is 0 Å². The molecule has 0 bridgehead atoms. The molecule has 2 aliphatic rings. The van der Waals surface area contributed by atoms with Crippen LogP contribution >= 0.6 is 0 Å². The number of H-pyrrole nitrogens is 1. The van der Waals surface area contributed by atoms with E-state index in [9.17, 15) is 5.11 Å². The molecule has 2 fully saturated rings. The highest BCUT2D eigenvalue weighted by molar-refractivity contribution is 5.80. The molecule has 2 aliphatic carbocycles. The molecule has 1 aromatic heterocycles. The number of nitrogens with one attached hydrogen (secondary N) is 1. The number of benzene rings is 1. The van der Waals surface area contributed by atoms with Crippen LogP contribution in [-0.4, -0.2) is 16.2 Å². The highest BCUT2D eigenvalue weighted by Crippen LogP contribution is 2.62. The van der Waals surface area contributed by atoms with Crippen molar-refractivity contribution in [1.29, 1.82) is 0 Å². The Bertz CT molecular complexity index is 915. The molecule has 0 aliphatic heterocycles. The second-order valence-electron chi connectivity index (χ2n) is 10.8. The standard InChI is InChI=1S/C28H39NO/c1-19(2)9-8-15-28(5)25-13-12-20(3)23(27(25,4)16-14-26(28)30)18-22-17-21-10-6-7-11-24(21)29-22/h6-7,9-11,17,23,25-26,29-30H,3,8,12-16,18H2,1-2,4-5H3/t23-,25-,26+,27-,28+/m1/s1. The maximum absolute atomic E-state index is 11.1. The summed E-state index contributed by atoms with van der Waals surface area (Å²) in [7, 11) is 0. The van der Waals surface area contributed by atoms with Gasteiger partial charge in [-0.05, 0) is 99.0 Å². The van der Waals surface area contributed by atoms with Gasteiger partial charge in [-0.25, -0.2) is 0 Å². The lowest BCUT2D eigenvalue weighted by Gasteiger charge is -2.60. The molecule has 2 nitrogen and oxygen atoms in total. The fourth-order valence-corrected chi connectivity index (χ4v) is 6.84. The number of hydrogen-bond acceptors (Lipinski definition) is 1. The summed E-state index contributed by atoms with van der Waals surface area (Å²) in [4.78, 5) is 3.65. The molecule has 0 spiro atoms. The van der Waals surface area contributed by atoms with Crippen LogP contribution in [0.2, 0.25) is 0 Å². The monoisotopic (exact) mass is 405 g/mol. The molecular formula is C28H39NO. The molecule has 0 unspecified atom stereocenters. The first-order valence-corrected chi connectivity index (χ1v) is 11.8. The molecule has 4 rings (SSSR count). The number of hydrogen-bond donors (Lipinski definition) is 2. The van der Waals surface area contributed by atoms with E-state index in [1.54, 1.807) is 0 Å². The van der Waals surface area contributed by atoms with E-state index < -0.39 is 0 Å². The van der Waals surface area contributed by atoms with Gasteiger partial charge in [0.15, 0.2) is 0 Å². The zero-order valence-electron chi connectivity index (χ0n) is 19.3. The average molecular weight is 406 g/mol. The SMILES string of the molecule is C=C1CC[C@@H]2[C@](C)(CC[C@H](O)[C@@]2(C)CCC=C(C)C)[C@@H]1Cc1cc2ccccc2[nH]1. The van der Waals surface area contributed by atoms with Crippen LogP contribution in [0, 0.1) is 22.7 Å². The van der Waals surface area contributed by atoms with Gasteiger partial charge in [-0.1, -0.05) is 55.8 Å². The van der Waals surface area contributed by atoms with Crippen LogP contribution in [-0.2, 0) is 6.42 Å². The maximum atomic E-state index is 11.1. The lowest BCUT2D eigenvalue weighted by atomic mass is 9.45. The summed E-state index contributed by atoms with van der Waals surface area (Å²) in [5.74, 6) is 1.01. The Labute approximate surface area is 182 Å². The third kappa shape index (κ3) is 3.68. The van der Waals surface area contributed by atoms with Crippen LogP contribution in [0.4, 0.5) is 0 Å². The van der Waals surface area contributed by atoms with Gasteiger partial charge in [0, 0.05) is 11.2 Å². The molecule has 0 saturated heterocycles. The van der Waals surface area contributed by atoms with E-state index in [1.807, 2.05) is 0 Å².